The Morgan fingerprint density at radius 2 is 1.31 bits per heavy atom. The lowest BCUT2D eigenvalue weighted by Gasteiger charge is -2.58. The van der Waals surface area contributed by atoms with Crippen LogP contribution in [0.1, 0.15) is 87.1 Å². The van der Waals surface area contributed by atoms with Crippen molar-refractivity contribution in [3.05, 3.63) is 143 Å². The summed E-state index contributed by atoms with van der Waals surface area (Å²) in [6, 6.07) is 44.4. The molecule has 1 fully saturated rings. The highest BCUT2D eigenvalue weighted by Gasteiger charge is 2.54. The van der Waals surface area contributed by atoms with Crippen molar-refractivity contribution in [1.82, 2.24) is 0 Å². The lowest BCUT2D eigenvalue weighted by Crippen LogP contribution is -2.49. The van der Waals surface area contributed by atoms with Gasteiger partial charge in [-0.1, -0.05) is 150 Å². The Morgan fingerprint density at radius 1 is 0.578 bits per heavy atom. The molecule has 3 atom stereocenters. The van der Waals surface area contributed by atoms with Crippen molar-refractivity contribution >= 4 is 21.5 Å². The molecule has 0 aromatic heterocycles. The third-order valence-electron chi connectivity index (χ3n) is 12.8. The first-order chi connectivity index (χ1) is 21.8. The van der Waals surface area contributed by atoms with Gasteiger partial charge in [-0.25, -0.2) is 0 Å². The van der Waals surface area contributed by atoms with E-state index in [0.717, 1.165) is 0 Å². The zero-order valence-electron chi connectivity index (χ0n) is 27.1. The number of rotatable bonds is 2. The Hall–Kier alpha value is -4.16. The highest BCUT2D eigenvalue weighted by molar-refractivity contribution is 6.14. The Morgan fingerprint density at radius 3 is 2.18 bits per heavy atom. The minimum absolute atomic E-state index is 0.0511. The highest BCUT2D eigenvalue weighted by Crippen LogP contribution is 2.64. The van der Waals surface area contributed by atoms with Gasteiger partial charge < -0.3 is 0 Å². The molecule has 0 spiro atoms. The summed E-state index contributed by atoms with van der Waals surface area (Å²) in [6.45, 7) is 10.0. The fourth-order valence-electron chi connectivity index (χ4n) is 10.1. The Bertz CT molecular complexity index is 2150. The maximum Gasteiger partial charge on any atom is 0.0159 e. The lowest BCUT2D eigenvalue weighted by molar-refractivity contribution is -0.00924. The van der Waals surface area contributed by atoms with E-state index in [1.54, 1.807) is 11.1 Å². The minimum Gasteiger partial charge on any atom is -0.0622 e. The highest BCUT2D eigenvalue weighted by atomic mass is 14.6. The van der Waals surface area contributed by atoms with E-state index in [4.69, 9.17) is 0 Å². The molecule has 0 heterocycles. The number of fused-ring (bicyclic) bond motifs is 9. The second-order valence-electron chi connectivity index (χ2n) is 15.4. The van der Waals surface area contributed by atoms with E-state index in [1.165, 1.54) is 92.6 Å². The van der Waals surface area contributed by atoms with Crippen LogP contribution in [0, 0.1) is 10.8 Å². The van der Waals surface area contributed by atoms with E-state index in [0.29, 0.717) is 11.3 Å². The topological polar surface area (TPSA) is 0 Å². The summed E-state index contributed by atoms with van der Waals surface area (Å²) in [5.74, 6) is 0.444. The summed E-state index contributed by atoms with van der Waals surface area (Å²) in [5.41, 5.74) is 13.5. The van der Waals surface area contributed by atoms with Gasteiger partial charge in [-0.3, -0.25) is 0 Å². The Balaban J connectivity index is 1.18. The molecule has 9 rings (SSSR count). The maximum atomic E-state index is 2.60. The van der Waals surface area contributed by atoms with Crippen molar-refractivity contribution in [2.24, 2.45) is 10.8 Å². The van der Waals surface area contributed by atoms with Crippen LogP contribution in [0.2, 0.25) is 0 Å². The van der Waals surface area contributed by atoms with Crippen LogP contribution in [0.3, 0.4) is 0 Å². The van der Waals surface area contributed by atoms with Gasteiger partial charge in [0.05, 0.1) is 0 Å². The molecule has 0 heteroatoms. The van der Waals surface area contributed by atoms with Crippen molar-refractivity contribution in [2.75, 3.05) is 0 Å². The summed E-state index contributed by atoms with van der Waals surface area (Å²) in [7, 11) is 0. The molecule has 0 amide bonds. The average Bonchev–Trinajstić information content (AvgIpc) is 3.29. The molecule has 1 saturated carbocycles. The molecule has 3 unspecified atom stereocenters. The summed E-state index contributed by atoms with van der Waals surface area (Å²) in [4.78, 5) is 0. The molecule has 0 nitrogen and oxygen atoms in total. The molecular weight excluding hydrogens is 540 g/mol. The van der Waals surface area contributed by atoms with Crippen molar-refractivity contribution in [3.63, 3.8) is 0 Å². The molecule has 6 aromatic carbocycles. The average molecular weight is 583 g/mol. The number of hydrogen-bond donors (Lipinski definition) is 0. The van der Waals surface area contributed by atoms with Crippen LogP contribution in [0.4, 0.5) is 0 Å². The van der Waals surface area contributed by atoms with Gasteiger partial charge in [-0.15, -0.1) is 0 Å². The predicted octanol–water partition coefficient (Wildman–Crippen LogP) is 12.2. The van der Waals surface area contributed by atoms with E-state index in [9.17, 15) is 0 Å². The van der Waals surface area contributed by atoms with Gasteiger partial charge >= 0.3 is 0 Å². The van der Waals surface area contributed by atoms with Gasteiger partial charge in [0.25, 0.3) is 0 Å². The SMILES string of the molecule is CC1(C)c2cc(-c3ccc4c(c3)CC3(C)CCCCC3(C)C4c3ccccc3)ccc2-c2c1ccc1c2ccc2ccccc21. The summed E-state index contributed by atoms with van der Waals surface area (Å²) < 4.78 is 0. The van der Waals surface area contributed by atoms with E-state index in [-0.39, 0.29) is 10.8 Å². The second kappa shape index (κ2) is 9.43. The first-order valence-electron chi connectivity index (χ1n) is 17.1. The smallest absolute Gasteiger partial charge is 0.0159 e. The monoisotopic (exact) mass is 582 g/mol. The number of benzene rings is 6. The first kappa shape index (κ1) is 27.2. The van der Waals surface area contributed by atoms with Crippen molar-refractivity contribution in [3.8, 4) is 22.3 Å². The summed E-state index contributed by atoms with van der Waals surface area (Å²) in [5, 5.41) is 5.37. The molecule has 3 aliphatic rings. The number of hydrogen-bond acceptors (Lipinski definition) is 0. The van der Waals surface area contributed by atoms with E-state index in [1.807, 2.05) is 0 Å². The van der Waals surface area contributed by atoms with Gasteiger partial charge in [0, 0.05) is 11.3 Å². The van der Waals surface area contributed by atoms with E-state index >= 15 is 0 Å². The quantitative estimate of drug-likeness (QED) is 0.178. The van der Waals surface area contributed by atoms with Gasteiger partial charge in [-0.05, 0) is 108 Å². The molecule has 0 N–H and O–H groups in total. The van der Waals surface area contributed by atoms with Gasteiger partial charge in [0.15, 0.2) is 0 Å². The van der Waals surface area contributed by atoms with Crippen LogP contribution < -0.4 is 0 Å². The van der Waals surface area contributed by atoms with Crippen LogP contribution in [-0.4, -0.2) is 0 Å². The van der Waals surface area contributed by atoms with E-state index < -0.39 is 0 Å². The van der Waals surface area contributed by atoms with Crippen molar-refractivity contribution < 1.29 is 0 Å². The zero-order valence-corrected chi connectivity index (χ0v) is 27.1. The molecule has 222 valence electrons. The van der Waals surface area contributed by atoms with Crippen LogP contribution in [0.15, 0.2) is 115 Å². The summed E-state index contributed by atoms with van der Waals surface area (Å²) in [6.07, 6.45) is 6.52. The van der Waals surface area contributed by atoms with Crippen LogP contribution in [-0.2, 0) is 11.8 Å². The largest absolute Gasteiger partial charge is 0.0622 e. The van der Waals surface area contributed by atoms with E-state index in [2.05, 4.69) is 143 Å². The zero-order chi connectivity index (χ0) is 30.6. The van der Waals surface area contributed by atoms with Gasteiger partial charge in [0.1, 0.15) is 0 Å². The molecule has 0 aliphatic heterocycles. The molecule has 0 radical (unpaired) electrons. The first-order valence-corrected chi connectivity index (χ1v) is 17.1. The van der Waals surface area contributed by atoms with Crippen molar-refractivity contribution in [2.45, 2.75) is 71.1 Å². The maximum absolute atomic E-state index is 2.60. The molecule has 3 aliphatic carbocycles. The third-order valence-corrected chi connectivity index (χ3v) is 12.8. The minimum atomic E-state index is -0.0511. The third kappa shape index (κ3) is 3.72. The van der Waals surface area contributed by atoms with Gasteiger partial charge in [-0.2, -0.15) is 0 Å². The van der Waals surface area contributed by atoms with Crippen LogP contribution in [0.5, 0.6) is 0 Å². The molecule has 0 bridgehead atoms. The Kier molecular flexibility index (Phi) is 5.69. The molecular formula is C45H42. The van der Waals surface area contributed by atoms with Crippen LogP contribution in [0.25, 0.3) is 43.8 Å². The predicted molar refractivity (Wildman–Crippen MR) is 191 cm³/mol. The normalized spacial score (nSPS) is 24.6. The Labute approximate surface area is 268 Å². The molecule has 0 saturated heterocycles. The standard InChI is InChI=1S/C45H42/c1-43(2)39-23-22-36-34-15-9-8-12-29(34)16-20-37(36)41(39)38-21-18-32(27-40(38)43)31-17-19-35-33(26-31)28-44(3)24-10-11-25-45(44,4)42(35)30-13-6-5-7-14-30/h5-9,12-23,26-27,42H,10-11,24-25,28H2,1-4H3. The lowest BCUT2D eigenvalue weighted by atomic mass is 9.46. The summed E-state index contributed by atoms with van der Waals surface area (Å²) >= 11 is 0. The molecule has 45 heavy (non-hydrogen) atoms. The van der Waals surface area contributed by atoms with Gasteiger partial charge in [0.2, 0.25) is 0 Å². The van der Waals surface area contributed by atoms with Crippen LogP contribution >= 0.6 is 0 Å². The van der Waals surface area contributed by atoms with Crippen molar-refractivity contribution in [1.29, 1.82) is 0 Å². The fraction of sp³-hybridized carbons (Fsp3) is 0.289. The second-order valence-corrected chi connectivity index (χ2v) is 15.4. The molecule has 6 aromatic rings. The fourth-order valence-corrected chi connectivity index (χ4v) is 10.1.